The monoisotopic (exact) mass is 444 g/mol. The third-order valence-electron chi connectivity index (χ3n) is 6.35. The van der Waals surface area contributed by atoms with E-state index in [1.54, 1.807) is 24.3 Å². The van der Waals surface area contributed by atoms with E-state index in [1.807, 2.05) is 0 Å². The minimum Gasteiger partial charge on any atom is -0.462 e. The van der Waals surface area contributed by atoms with Crippen molar-refractivity contribution in [3.8, 4) is 0 Å². The van der Waals surface area contributed by atoms with E-state index in [4.69, 9.17) is 4.74 Å². The van der Waals surface area contributed by atoms with Gasteiger partial charge in [-0.3, -0.25) is 9.69 Å². The first-order chi connectivity index (χ1) is 16.1. The van der Waals surface area contributed by atoms with E-state index in [0.29, 0.717) is 17.9 Å². The number of rotatable bonds is 8. The van der Waals surface area contributed by atoms with Crippen LogP contribution in [-0.2, 0) is 16.1 Å². The molecule has 1 aliphatic heterocycles. The van der Waals surface area contributed by atoms with Crippen LogP contribution in [0.25, 0.3) is 10.8 Å². The maximum atomic E-state index is 12.8. The van der Waals surface area contributed by atoms with E-state index in [1.165, 1.54) is 16.3 Å². The smallest absolute Gasteiger partial charge is 0.338 e. The van der Waals surface area contributed by atoms with Crippen LogP contribution in [0.3, 0.4) is 0 Å². The quantitative estimate of drug-likeness (QED) is 0.360. The number of likely N-dealkylation sites (tertiary alicyclic amines) is 1. The van der Waals surface area contributed by atoms with Crippen molar-refractivity contribution >= 4 is 28.3 Å². The molecule has 4 rings (SSSR count). The molecular weight excluding hydrogens is 412 g/mol. The van der Waals surface area contributed by atoms with Crippen LogP contribution in [0.15, 0.2) is 66.7 Å². The molecule has 3 aromatic rings. The van der Waals surface area contributed by atoms with E-state index >= 15 is 0 Å². The van der Waals surface area contributed by atoms with E-state index in [2.05, 4.69) is 59.6 Å². The van der Waals surface area contributed by atoms with Gasteiger partial charge in [0.15, 0.2) is 0 Å². The Balaban J connectivity index is 1.26. The van der Waals surface area contributed by atoms with Crippen LogP contribution in [0.4, 0.5) is 5.69 Å². The number of fused-ring (bicyclic) bond motifs is 1. The minimum absolute atomic E-state index is 0.00690. The lowest BCUT2D eigenvalue weighted by Gasteiger charge is -2.31. The van der Waals surface area contributed by atoms with Crippen molar-refractivity contribution in [2.45, 2.75) is 39.2 Å². The number of hydrogen-bond donors (Lipinski definition) is 1. The number of carbonyl (C=O) groups excluding carboxylic acids is 2. The average Bonchev–Trinajstić information content (AvgIpc) is 2.85. The molecule has 1 heterocycles. The van der Waals surface area contributed by atoms with Gasteiger partial charge in [0, 0.05) is 18.2 Å². The molecule has 1 fully saturated rings. The lowest BCUT2D eigenvalue weighted by Crippen LogP contribution is -2.37. The topological polar surface area (TPSA) is 58.6 Å². The predicted molar refractivity (Wildman–Crippen MR) is 132 cm³/mol. The maximum Gasteiger partial charge on any atom is 0.338 e. The molecule has 1 aliphatic rings. The molecule has 0 atom stereocenters. The molecule has 172 valence electrons. The molecule has 1 saturated heterocycles. The second kappa shape index (κ2) is 11.1. The van der Waals surface area contributed by atoms with Gasteiger partial charge in [-0.1, -0.05) is 55.8 Å². The Morgan fingerprint density at radius 3 is 2.45 bits per heavy atom. The molecule has 0 aliphatic carbocycles. The van der Waals surface area contributed by atoms with Crippen LogP contribution >= 0.6 is 0 Å². The maximum absolute atomic E-state index is 12.8. The van der Waals surface area contributed by atoms with E-state index in [-0.39, 0.29) is 17.8 Å². The molecule has 0 saturated carbocycles. The summed E-state index contributed by atoms with van der Waals surface area (Å²) < 4.78 is 5.23. The molecule has 0 aromatic heterocycles. The summed E-state index contributed by atoms with van der Waals surface area (Å²) in [5.41, 5.74) is 2.55. The minimum atomic E-state index is -0.320. The Morgan fingerprint density at radius 2 is 1.70 bits per heavy atom. The summed E-state index contributed by atoms with van der Waals surface area (Å²) in [5, 5.41) is 5.58. The molecule has 5 heteroatoms. The van der Waals surface area contributed by atoms with Crippen LogP contribution in [-0.4, -0.2) is 36.5 Å². The molecule has 1 N–H and O–H groups in total. The van der Waals surface area contributed by atoms with Crippen molar-refractivity contribution in [2.24, 2.45) is 5.92 Å². The molecule has 0 spiro atoms. The second-order valence-corrected chi connectivity index (χ2v) is 8.74. The second-order valence-electron chi connectivity index (χ2n) is 8.74. The largest absolute Gasteiger partial charge is 0.462 e. The van der Waals surface area contributed by atoms with Gasteiger partial charge in [-0.2, -0.15) is 0 Å². The summed E-state index contributed by atoms with van der Waals surface area (Å²) in [6, 6.07) is 21.9. The van der Waals surface area contributed by atoms with E-state index < -0.39 is 0 Å². The van der Waals surface area contributed by atoms with Crippen molar-refractivity contribution in [3.63, 3.8) is 0 Å². The number of unbranched alkanes of at least 4 members (excludes halogenated alkanes) is 1. The number of carbonyl (C=O) groups is 2. The number of benzene rings is 3. The molecule has 5 nitrogen and oxygen atoms in total. The highest BCUT2D eigenvalue weighted by molar-refractivity contribution is 5.94. The van der Waals surface area contributed by atoms with Crippen LogP contribution in [0.5, 0.6) is 0 Å². The van der Waals surface area contributed by atoms with Crippen molar-refractivity contribution in [3.05, 3.63) is 77.9 Å². The zero-order valence-electron chi connectivity index (χ0n) is 19.3. The van der Waals surface area contributed by atoms with Gasteiger partial charge in [0.1, 0.15) is 0 Å². The lowest BCUT2D eigenvalue weighted by molar-refractivity contribution is -0.121. The Labute approximate surface area is 195 Å². The number of piperidine rings is 1. The highest BCUT2D eigenvalue weighted by Crippen LogP contribution is 2.24. The Morgan fingerprint density at radius 1 is 0.970 bits per heavy atom. The summed E-state index contributed by atoms with van der Waals surface area (Å²) in [7, 11) is 0. The highest BCUT2D eigenvalue weighted by Gasteiger charge is 2.25. The number of ether oxygens (including phenoxy) is 1. The number of nitrogens with one attached hydrogen (secondary N) is 1. The van der Waals surface area contributed by atoms with E-state index in [0.717, 1.165) is 45.3 Å². The van der Waals surface area contributed by atoms with E-state index in [9.17, 15) is 9.59 Å². The summed E-state index contributed by atoms with van der Waals surface area (Å²) in [5.74, 6) is -0.259. The van der Waals surface area contributed by atoms with Crippen LogP contribution in [0.2, 0.25) is 0 Å². The Bertz CT molecular complexity index is 1080. The molecule has 3 aromatic carbocycles. The van der Waals surface area contributed by atoms with Crippen molar-refractivity contribution in [2.75, 3.05) is 25.0 Å². The zero-order valence-corrected chi connectivity index (χ0v) is 19.3. The van der Waals surface area contributed by atoms with Gasteiger partial charge < -0.3 is 10.1 Å². The molecule has 33 heavy (non-hydrogen) atoms. The van der Waals surface area contributed by atoms with Gasteiger partial charge in [-0.15, -0.1) is 0 Å². The number of esters is 1. The van der Waals surface area contributed by atoms with Crippen molar-refractivity contribution in [1.29, 1.82) is 0 Å². The van der Waals surface area contributed by atoms with Gasteiger partial charge in [0.2, 0.25) is 5.91 Å². The SMILES string of the molecule is CCCCOC(=O)c1ccc(NC(=O)C2CCN(Cc3cccc4ccccc34)CC2)cc1. The molecule has 0 unspecified atom stereocenters. The van der Waals surface area contributed by atoms with Crippen LogP contribution in [0.1, 0.15) is 48.5 Å². The first-order valence-electron chi connectivity index (χ1n) is 11.9. The van der Waals surface area contributed by atoms with Gasteiger partial charge >= 0.3 is 5.97 Å². The summed E-state index contributed by atoms with van der Waals surface area (Å²) in [6.45, 7) is 5.21. The molecule has 0 bridgehead atoms. The average molecular weight is 445 g/mol. The Kier molecular flexibility index (Phi) is 7.74. The van der Waals surface area contributed by atoms with Crippen molar-refractivity contribution < 1.29 is 14.3 Å². The lowest BCUT2D eigenvalue weighted by atomic mass is 9.95. The fraction of sp³-hybridized carbons (Fsp3) is 0.357. The number of hydrogen-bond acceptors (Lipinski definition) is 4. The zero-order chi connectivity index (χ0) is 23.0. The van der Waals surface area contributed by atoms with Gasteiger partial charge in [-0.25, -0.2) is 4.79 Å². The number of amides is 1. The van der Waals surface area contributed by atoms with Crippen molar-refractivity contribution in [1.82, 2.24) is 4.90 Å². The summed E-state index contributed by atoms with van der Waals surface area (Å²) in [4.78, 5) is 27.2. The van der Waals surface area contributed by atoms with Crippen LogP contribution in [0, 0.1) is 5.92 Å². The predicted octanol–water partition coefficient (Wildman–Crippen LogP) is 5.65. The Hall–Kier alpha value is -3.18. The fourth-order valence-corrected chi connectivity index (χ4v) is 4.35. The molecule has 1 amide bonds. The highest BCUT2D eigenvalue weighted by atomic mass is 16.5. The standard InChI is InChI=1S/C28H32N2O3/c1-2-3-19-33-28(32)23-11-13-25(14-12-23)29-27(31)22-15-17-30(18-16-22)20-24-9-6-8-21-7-4-5-10-26(21)24/h4-14,22H,2-3,15-20H2,1H3,(H,29,31). The van der Waals surface area contributed by atoms with Gasteiger partial charge in [0.25, 0.3) is 0 Å². The molecular formula is C28H32N2O3. The summed E-state index contributed by atoms with van der Waals surface area (Å²) >= 11 is 0. The van der Waals surface area contributed by atoms with Gasteiger partial charge in [-0.05, 0) is 73.0 Å². The van der Waals surface area contributed by atoms with Crippen LogP contribution < -0.4 is 5.32 Å². The normalized spacial score (nSPS) is 14.8. The third kappa shape index (κ3) is 5.99. The number of nitrogens with zero attached hydrogens (tertiary/aromatic N) is 1. The molecule has 0 radical (unpaired) electrons. The third-order valence-corrected chi connectivity index (χ3v) is 6.35. The summed E-state index contributed by atoms with van der Waals surface area (Å²) in [6.07, 6.45) is 3.54. The van der Waals surface area contributed by atoms with Gasteiger partial charge in [0.05, 0.1) is 12.2 Å². The first kappa shape index (κ1) is 23.0. The fourth-order valence-electron chi connectivity index (χ4n) is 4.35. The first-order valence-corrected chi connectivity index (χ1v) is 11.9. The number of anilines is 1.